The summed E-state index contributed by atoms with van der Waals surface area (Å²) in [4.78, 5) is 0.0343. The van der Waals surface area contributed by atoms with Gasteiger partial charge in [-0.3, -0.25) is 0 Å². The molecule has 0 aliphatic carbocycles. The third-order valence-electron chi connectivity index (χ3n) is 2.81. The summed E-state index contributed by atoms with van der Waals surface area (Å²) < 4.78 is 26.6. The zero-order valence-electron chi connectivity index (χ0n) is 11.4. The first-order valence-electron chi connectivity index (χ1n) is 6.16. The normalized spacial score (nSPS) is 15.2. The number of halogens is 1. The molecule has 0 fully saturated rings. The second-order valence-electron chi connectivity index (χ2n) is 5.01. The van der Waals surface area contributed by atoms with E-state index in [1.54, 1.807) is 19.1 Å². The van der Waals surface area contributed by atoms with Gasteiger partial charge in [0.15, 0.2) is 0 Å². The molecule has 0 spiro atoms. The molecular weight excluding hydrogens is 286 g/mol. The number of benzene rings is 1. The van der Waals surface area contributed by atoms with Crippen molar-refractivity contribution in [1.29, 1.82) is 0 Å². The monoisotopic (exact) mass is 305 g/mol. The predicted molar refractivity (Wildman–Crippen MR) is 76.9 cm³/mol. The highest BCUT2D eigenvalue weighted by Gasteiger charge is 2.24. The van der Waals surface area contributed by atoms with Gasteiger partial charge >= 0.3 is 0 Å². The Kier molecular flexibility index (Phi) is 5.38. The van der Waals surface area contributed by atoms with Crippen LogP contribution in [0.25, 0.3) is 0 Å². The van der Waals surface area contributed by atoms with Crippen molar-refractivity contribution in [3.63, 3.8) is 0 Å². The number of hydrogen-bond donors (Lipinski definition) is 2. The molecule has 1 atom stereocenters. The van der Waals surface area contributed by atoms with E-state index in [2.05, 4.69) is 4.72 Å². The molecule has 1 rings (SSSR count). The van der Waals surface area contributed by atoms with Crippen LogP contribution in [0.4, 0.5) is 0 Å². The van der Waals surface area contributed by atoms with Gasteiger partial charge in [0.05, 0.1) is 10.6 Å². The van der Waals surface area contributed by atoms with Crippen LogP contribution in [-0.2, 0) is 10.0 Å². The number of hydrogen-bond acceptors (Lipinski definition) is 3. The van der Waals surface area contributed by atoms with Crippen molar-refractivity contribution >= 4 is 21.6 Å². The average Bonchev–Trinajstić information content (AvgIpc) is 2.26. The van der Waals surface area contributed by atoms with Gasteiger partial charge in [-0.25, -0.2) is 13.1 Å². The standard InChI is InChI=1S/C13H20ClNO3S/c1-4-7-13(3,16)9-15-19(17,18)12-6-5-10(2)8-11(12)14/h5-6,8,15-16H,4,7,9H2,1-3H3. The molecule has 0 bridgehead atoms. The topological polar surface area (TPSA) is 66.4 Å². The van der Waals surface area contributed by atoms with Gasteiger partial charge in [-0.2, -0.15) is 0 Å². The smallest absolute Gasteiger partial charge is 0.242 e. The van der Waals surface area contributed by atoms with E-state index in [1.165, 1.54) is 6.07 Å². The highest BCUT2D eigenvalue weighted by Crippen LogP contribution is 2.22. The molecule has 0 heterocycles. The largest absolute Gasteiger partial charge is 0.389 e. The molecule has 0 aliphatic rings. The molecule has 0 aliphatic heterocycles. The van der Waals surface area contributed by atoms with Crippen molar-refractivity contribution in [1.82, 2.24) is 4.72 Å². The minimum absolute atomic E-state index is 0.0343. The van der Waals surface area contributed by atoms with Gasteiger partial charge in [-0.1, -0.05) is 31.0 Å². The lowest BCUT2D eigenvalue weighted by molar-refractivity contribution is 0.0554. The van der Waals surface area contributed by atoms with Crippen molar-refractivity contribution in [2.75, 3.05) is 6.54 Å². The summed E-state index contributed by atoms with van der Waals surface area (Å²) in [6.45, 7) is 5.34. The third-order valence-corrected chi connectivity index (χ3v) is 4.69. The fourth-order valence-corrected chi connectivity index (χ4v) is 3.54. The number of rotatable bonds is 6. The van der Waals surface area contributed by atoms with Crippen molar-refractivity contribution in [2.45, 2.75) is 44.1 Å². The van der Waals surface area contributed by atoms with Gasteiger partial charge in [-0.05, 0) is 38.0 Å². The Morgan fingerprint density at radius 2 is 2.05 bits per heavy atom. The summed E-state index contributed by atoms with van der Waals surface area (Å²) >= 11 is 5.94. The highest BCUT2D eigenvalue weighted by atomic mass is 35.5. The SMILES string of the molecule is CCCC(C)(O)CNS(=O)(=O)c1ccc(C)cc1Cl. The molecule has 0 amide bonds. The van der Waals surface area contributed by atoms with E-state index in [0.29, 0.717) is 6.42 Å². The molecule has 108 valence electrons. The quantitative estimate of drug-likeness (QED) is 0.848. The maximum atomic E-state index is 12.1. The molecule has 0 aromatic heterocycles. The minimum atomic E-state index is -3.70. The molecule has 2 N–H and O–H groups in total. The van der Waals surface area contributed by atoms with Crippen LogP contribution in [0.3, 0.4) is 0 Å². The van der Waals surface area contributed by atoms with Crippen LogP contribution in [0.5, 0.6) is 0 Å². The summed E-state index contributed by atoms with van der Waals surface area (Å²) in [7, 11) is -3.70. The van der Waals surface area contributed by atoms with Crippen molar-refractivity contribution in [3.8, 4) is 0 Å². The number of aliphatic hydroxyl groups is 1. The summed E-state index contributed by atoms with van der Waals surface area (Å²) in [5.74, 6) is 0. The molecular formula is C13H20ClNO3S. The molecule has 4 nitrogen and oxygen atoms in total. The van der Waals surface area contributed by atoms with Crippen molar-refractivity contribution in [3.05, 3.63) is 28.8 Å². The third kappa shape index (κ3) is 4.76. The highest BCUT2D eigenvalue weighted by molar-refractivity contribution is 7.89. The number of aryl methyl sites for hydroxylation is 1. The molecule has 1 aromatic carbocycles. The molecule has 1 unspecified atom stereocenters. The van der Waals surface area contributed by atoms with Gasteiger partial charge in [0, 0.05) is 6.54 Å². The molecule has 6 heteroatoms. The Morgan fingerprint density at radius 3 is 2.58 bits per heavy atom. The maximum Gasteiger partial charge on any atom is 0.242 e. The van der Waals surface area contributed by atoms with Gasteiger partial charge in [0.25, 0.3) is 0 Å². The van der Waals surface area contributed by atoms with E-state index in [9.17, 15) is 13.5 Å². The van der Waals surface area contributed by atoms with E-state index in [1.807, 2.05) is 13.8 Å². The number of nitrogens with one attached hydrogen (secondary N) is 1. The van der Waals surface area contributed by atoms with Crippen LogP contribution in [0.15, 0.2) is 23.1 Å². The number of sulfonamides is 1. The van der Waals surface area contributed by atoms with Gasteiger partial charge in [0.1, 0.15) is 4.90 Å². The van der Waals surface area contributed by atoms with Crippen molar-refractivity contribution < 1.29 is 13.5 Å². The average molecular weight is 306 g/mol. The lowest BCUT2D eigenvalue weighted by atomic mass is 10.0. The zero-order chi connectivity index (χ0) is 14.7. The lowest BCUT2D eigenvalue weighted by Gasteiger charge is -2.23. The van der Waals surface area contributed by atoms with Crippen LogP contribution >= 0.6 is 11.6 Å². The van der Waals surface area contributed by atoms with E-state index in [-0.39, 0.29) is 16.5 Å². The Morgan fingerprint density at radius 1 is 1.42 bits per heavy atom. The van der Waals surface area contributed by atoms with Crippen LogP contribution < -0.4 is 4.72 Å². The van der Waals surface area contributed by atoms with Crippen LogP contribution in [0.2, 0.25) is 5.02 Å². The van der Waals surface area contributed by atoms with Crippen LogP contribution in [0.1, 0.15) is 32.3 Å². The predicted octanol–water partition coefficient (Wildman–Crippen LogP) is 2.48. The molecule has 0 saturated heterocycles. The first-order chi connectivity index (χ1) is 8.68. The minimum Gasteiger partial charge on any atom is -0.389 e. The summed E-state index contributed by atoms with van der Waals surface area (Å²) in [5, 5.41) is 10.2. The molecule has 0 saturated carbocycles. The summed E-state index contributed by atoms with van der Waals surface area (Å²) in [6.07, 6.45) is 1.30. The Labute approximate surface area is 119 Å². The van der Waals surface area contributed by atoms with Crippen LogP contribution in [0, 0.1) is 6.92 Å². The lowest BCUT2D eigenvalue weighted by Crippen LogP contribution is -2.40. The molecule has 19 heavy (non-hydrogen) atoms. The van der Waals surface area contributed by atoms with Gasteiger partial charge in [0.2, 0.25) is 10.0 Å². The Hall–Kier alpha value is -0.620. The fourth-order valence-electron chi connectivity index (χ4n) is 1.78. The first-order valence-corrected chi connectivity index (χ1v) is 8.02. The second-order valence-corrected chi connectivity index (χ2v) is 7.15. The molecule has 0 radical (unpaired) electrons. The van der Waals surface area contributed by atoms with E-state index < -0.39 is 15.6 Å². The fraction of sp³-hybridized carbons (Fsp3) is 0.538. The molecule has 1 aromatic rings. The van der Waals surface area contributed by atoms with E-state index in [0.717, 1.165) is 12.0 Å². The van der Waals surface area contributed by atoms with E-state index in [4.69, 9.17) is 11.6 Å². The summed E-state index contributed by atoms with van der Waals surface area (Å²) in [5.41, 5.74) is -0.166. The summed E-state index contributed by atoms with van der Waals surface area (Å²) in [6, 6.07) is 4.75. The van der Waals surface area contributed by atoms with Crippen molar-refractivity contribution in [2.24, 2.45) is 0 Å². The van der Waals surface area contributed by atoms with Crippen LogP contribution in [-0.4, -0.2) is 25.7 Å². The second kappa shape index (κ2) is 6.22. The van der Waals surface area contributed by atoms with Gasteiger partial charge in [-0.15, -0.1) is 0 Å². The van der Waals surface area contributed by atoms with Gasteiger partial charge < -0.3 is 5.11 Å². The zero-order valence-corrected chi connectivity index (χ0v) is 13.0. The Balaban J connectivity index is 2.87. The first kappa shape index (κ1) is 16.4. The van der Waals surface area contributed by atoms with E-state index >= 15 is 0 Å². The Bertz CT molecular complexity index is 541. The maximum absolute atomic E-state index is 12.1.